The Bertz CT molecular complexity index is 490. The summed E-state index contributed by atoms with van der Waals surface area (Å²) in [6, 6.07) is 7.46. The van der Waals surface area contributed by atoms with Crippen molar-refractivity contribution in [2.75, 3.05) is 7.11 Å². The van der Waals surface area contributed by atoms with Gasteiger partial charge < -0.3 is 9.14 Å². The Labute approximate surface area is 89.4 Å². The number of aromatic nitrogens is 1. The van der Waals surface area contributed by atoms with Crippen LogP contribution in [0.1, 0.15) is 10.5 Å². The second-order valence-electron chi connectivity index (χ2n) is 2.82. The lowest BCUT2D eigenvalue weighted by Gasteiger charge is -1.99. The lowest BCUT2D eigenvalue weighted by Crippen LogP contribution is -2.04. The molecule has 0 amide bonds. The summed E-state index contributed by atoms with van der Waals surface area (Å²) in [5.74, 6) is -0.336. The number of carbonyl (C=O) groups is 1. The summed E-state index contributed by atoms with van der Waals surface area (Å²) in [6.45, 7) is 0. The fourth-order valence-corrected chi connectivity index (χ4v) is 1.91. The van der Waals surface area contributed by atoms with E-state index in [1.807, 2.05) is 24.4 Å². The number of hydrogen-bond acceptors (Lipinski definition) is 2. The van der Waals surface area contributed by atoms with Crippen LogP contribution in [0.15, 0.2) is 34.9 Å². The highest BCUT2D eigenvalue weighted by molar-refractivity contribution is 9.10. The van der Waals surface area contributed by atoms with Crippen molar-refractivity contribution in [3.63, 3.8) is 0 Å². The first-order valence-corrected chi connectivity index (χ1v) is 4.87. The molecule has 0 fully saturated rings. The molecule has 2 heterocycles. The minimum atomic E-state index is -0.336. The predicted octanol–water partition coefficient (Wildman–Crippen LogP) is 2.49. The molecule has 0 aromatic carbocycles. The smallest absolute Gasteiger partial charge is 0.355 e. The predicted molar refractivity (Wildman–Crippen MR) is 56.4 cm³/mol. The van der Waals surface area contributed by atoms with E-state index in [4.69, 9.17) is 0 Å². The maximum absolute atomic E-state index is 11.4. The van der Waals surface area contributed by atoms with Gasteiger partial charge in [0, 0.05) is 10.7 Å². The standard InChI is InChI=1S/C10H8BrNO2/c1-14-10(13)9-6-7(11)8-4-2-3-5-12(8)9/h2-6H,1H3. The molecule has 0 unspecified atom stereocenters. The SMILES string of the molecule is COC(=O)c1cc(Br)c2ccccn12. The molecule has 0 N–H and O–H groups in total. The van der Waals surface area contributed by atoms with Gasteiger partial charge in [-0.1, -0.05) is 6.07 Å². The summed E-state index contributed by atoms with van der Waals surface area (Å²) >= 11 is 3.39. The Morgan fingerprint density at radius 1 is 1.50 bits per heavy atom. The van der Waals surface area contributed by atoms with Gasteiger partial charge in [-0.3, -0.25) is 0 Å². The van der Waals surface area contributed by atoms with Gasteiger partial charge in [-0.05, 0) is 34.1 Å². The molecule has 14 heavy (non-hydrogen) atoms. The Hall–Kier alpha value is -1.29. The van der Waals surface area contributed by atoms with Gasteiger partial charge in [0.1, 0.15) is 5.69 Å². The Kier molecular flexibility index (Phi) is 2.29. The number of esters is 1. The van der Waals surface area contributed by atoms with Crippen molar-refractivity contribution in [2.45, 2.75) is 0 Å². The molecule has 0 atom stereocenters. The quantitative estimate of drug-likeness (QED) is 0.732. The third-order valence-corrected chi connectivity index (χ3v) is 2.66. The van der Waals surface area contributed by atoms with E-state index in [1.54, 1.807) is 10.5 Å². The van der Waals surface area contributed by atoms with Crippen molar-refractivity contribution in [3.8, 4) is 0 Å². The number of nitrogens with zero attached hydrogens (tertiary/aromatic N) is 1. The van der Waals surface area contributed by atoms with Crippen LogP contribution >= 0.6 is 15.9 Å². The monoisotopic (exact) mass is 253 g/mol. The van der Waals surface area contributed by atoms with Crippen LogP contribution in [-0.2, 0) is 4.74 Å². The van der Waals surface area contributed by atoms with Gasteiger partial charge in [-0.25, -0.2) is 4.79 Å². The first-order chi connectivity index (χ1) is 6.74. The second-order valence-corrected chi connectivity index (χ2v) is 3.68. The number of rotatable bonds is 1. The van der Waals surface area contributed by atoms with E-state index >= 15 is 0 Å². The number of hydrogen-bond donors (Lipinski definition) is 0. The maximum Gasteiger partial charge on any atom is 0.355 e. The summed E-state index contributed by atoms with van der Waals surface area (Å²) in [7, 11) is 1.37. The van der Waals surface area contributed by atoms with Gasteiger partial charge in [0.25, 0.3) is 0 Å². The fourth-order valence-electron chi connectivity index (χ4n) is 1.37. The number of halogens is 1. The Morgan fingerprint density at radius 3 is 3.00 bits per heavy atom. The number of methoxy groups -OCH3 is 1. The van der Waals surface area contributed by atoms with E-state index in [0.29, 0.717) is 5.69 Å². The molecule has 0 aliphatic rings. The molecular formula is C10H8BrNO2. The molecule has 0 saturated carbocycles. The summed E-state index contributed by atoms with van der Waals surface area (Å²) in [6.07, 6.45) is 1.83. The third-order valence-electron chi connectivity index (χ3n) is 2.02. The van der Waals surface area contributed by atoms with Crippen molar-refractivity contribution in [1.29, 1.82) is 0 Å². The number of fused-ring (bicyclic) bond motifs is 1. The topological polar surface area (TPSA) is 30.7 Å². The van der Waals surface area contributed by atoms with Gasteiger partial charge in [0.05, 0.1) is 12.6 Å². The first kappa shape index (κ1) is 9.27. The largest absolute Gasteiger partial charge is 0.464 e. The number of ether oxygens (including phenoxy) is 1. The number of pyridine rings is 1. The minimum Gasteiger partial charge on any atom is -0.464 e. The zero-order chi connectivity index (χ0) is 10.1. The Balaban J connectivity index is 2.72. The second kappa shape index (κ2) is 3.46. The van der Waals surface area contributed by atoms with Crippen molar-refractivity contribution in [1.82, 2.24) is 4.40 Å². The maximum atomic E-state index is 11.4. The van der Waals surface area contributed by atoms with Crippen molar-refractivity contribution >= 4 is 27.4 Å². The minimum absolute atomic E-state index is 0.336. The van der Waals surface area contributed by atoms with Gasteiger partial charge >= 0.3 is 5.97 Å². The molecule has 4 heteroatoms. The molecule has 0 aliphatic heterocycles. The fraction of sp³-hybridized carbons (Fsp3) is 0.100. The highest BCUT2D eigenvalue weighted by Gasteiger charge is 2.13. The van der Waals surface area contributed by atoms with E-state index in [9.17, 15) is 4.79 Å². The zero-order valence-electron chi connectivity index (χ0n) is 7.53. The molecular weight excluding hydrogens is 246 g/mol. The zero-order valence-corrected chi connectivity index (χ0v) is 9.11. The highest BCUT2D eigenvalue weighted by Crippen LogP contribution is 2.22. The van der Waals surface area contributed by atoms with E-state index in [-0.39, 0.29) is 5.97 Å². The summed E-state index contributed by atoms with van der Waals surface area (Å²) in [5, 5.41) is 0. The van der Waals surface area contributed by atoms with Crippen LogP contribution in [-0.4, -0.2) is 17.5 Å². The molecule has 0 bridgehead atoms. The molecule has 2 aromatic heterocycles. The van der Waals surface area contributed by atoms with Crippen LogP contribution in [0.4, 0.5) is 0 Å². The average Bonchev–Trinajstić information content (AvgIpc) is 2.56. The van der Waals surface area contributed by atoms with Crippen molar-refractivity contribution < 1.29 is 9.53 Å². The van der Waals surface area contributed by atoms with Crippen LogP contribution in [0.2, 0.25) is 0 Å². The Morgan fingerprint density at radius 2 is 2.29 bits per heavy atom. The molecule has 0 aliphatic carbocycles. The summed E-state index contributed by atoms with van der Waals surface area (Å²) in [4.78, 5) is 11.4. The van der Waals surface area contributed by atoms with Crippen molar-refractivity contribution in [2.24, 2.45) is 0 Å². The van der Waals surface area contributed by atoms with Crippen LogP contribution in [0, 0.1) is 0 Å². The van der Waals surface area contributed by atoms with Gasteiger partial charge in [-0.15, -0.1) is 0 Å². The van der Waals surface area contributed by atoms with Crippen LogP contribution < -0.4 is 0 Å². The molecule has 0 spiro atoms. The molecule has 2 aromatic rings. The van der Waals surface area contributed by atoms with E-state index in [0.717, 1.165) is 9.99 Å². The first-order valence-electron chi connectivity index (χ1n) is 4.08. The lowest BCUT2D eigenvalue weighted by atomic mass is 10.4. The van der Waals surface area contributed by atoms with Crippen LogP contribution in [0.25, 0.3) is 5.52 Å². The van der Waals surface area contributed by atoms with Crippen LogP contribution in [0.3, 0.4) is 0 Å². The third kappa shape index (κ3) is 1.32. The van der Waals surface area contributed by atoms with Gasteiger partial charge in [0.15, 0.2) is 0 Å². The van der Waals surface area contributed by atoms with E-state index < -0.39 is 0 Å². The van der Waals surface area contributed by atoms with Crippen LogP contribution in [0.5, 0.6) is 0 Å². The van der Waals surface area contributed by atoms with Gasteiger partial charge in [0.2, 0.25) is 0 Å². The molecule has 0 saturated heterocycles. The van der Waals surface area contributed by atoms with Crippen molar-refractivity contribution in [3.05, 3.63) is 40.6 Å². The average molecular weight is 254 g/mol. The molecule has 72 valence electrons. The molecule has 2 rings (SSSR count). The number of carbonyl (C=O) groups excluding carboxylic acids is 1. The van der Waals surface area contributed by atoms with Gasteiger partial charge in [-0.2, -0.15) is 0 Å². The summed E-state index contributed by atoms with van der Waals surface area (Å²) < 4.78 is 7.35. The van der Waals surface area contributed by atoms with E-state index in [1.165, 1.54) is 7.11 Å². The summed E-state index contributed by atoms with van der Waals surface area (Å²) in [5.41, 5.74) is 1.47. The molecule has 0 radical (unpaired) electrons. The highest BCUT2D eigenvalue weighted by atomic mass is 79.9. The lowest BCUT2D eigenvalue weighted by molar-refractivity contribution is 0.0593. The van der Waals surface area contributed by atoms with E-state index in [2.05, 4.69) is 20.7 Å². The normalized spacial score (nSPS) is 10.4. The molecule has 3 nitrogen and oxygen atoms in total.